The van der Waals surface area contributed by atoms with Gasteiger partial charge in [0, 0.05) is 16.8 Å². The number of carbonyl (C=O) groups is 3. The van der Waals surface area contributed by atoms with Crippen molar-refractivity contribution in [2.75, 3.05) is 12.4 Å². The highest BCUT2D eigenvalue weighted by atomic mass is 35.5. The first-order valence-electron chi connectivity index (χ1n) is 8.36. The van der Waals surface area contributed by atoms with Crippen molar-refractivity contribution >= 4 is 35.5 Å². The van der Waals surface area contributed by atoms with Crippen LogP contribution in [0.3, 0.4) is 0 Å². The average molecular weight is 408 g/mol. The largest absolute Gasteiger partial charge is 0.322 e. The summed E-state index contributed by atoms with van der Waals surface area (Å²) in [6.07, 6.45) is 0.640. The van der Waals surface area contributed by atoms with Crippen molar-refractivity contribution in [2.24, 2.45) is 0 Å². The molecule has 0 aromatic heterocycles. The quantitative estimate of drug-likeness (QED) is 0.665. The van der Waals surface area contributed by atoms with Crippen molar-refractivity contribution in [3.05, 3.63) is 63.7 Å². The molecule has 28 heavy (non-hydrogen) atoms. The molecule has 2 aromatic carbocycles. The third-order valence-corrected chi connectivity index (χ3v) is 5.15. The predicted octanol–water partition coefficient (Wildman–Crippen LogP) is 2.50. The molecule has 3 rings (SSSR count). The van der Waals surface area contributed by atoms with Crippen LogP contribution < -0.4 is 16.0 Å². The number of rotatable bonds is 5. The van der Waals surface area contributed by atoms with Crippen molar-refractivity contribution in [2.45, 2.75) is 18.4 Å². The van der Waals surface area contributed by atoms with Gasteiger partial charge >= 0.3 is 0 Å². The number of imide groups is 1. The smallest absolute Gasteiger partial charge is 0.255 e. The Bertz CT molecular complexity index is 983. The van der Waals surface area contributed by atoms with Crippen molar-refractivity contribution in [1.82, 2.24) is 10.6 Å². The lowest BCUT2D eigenvalue weighted by Crippen LogP contribution is -2.51. The zero-order valence-corrected chi connectivity index (χ0v) is 15.5. The normalized spacial score (nSPS) is 17.7. The van der Waals surface area contributed by atoms with Crippen LogP contribution in [0.25, 0.3) is 0 Å². The van der Waals surface area contributed by atoms with Crippen molar-refractivity contribution < 1.29 is 23.2 Å². The second kappa shape index (κ2) is 7.65. The van der Waals surface area contributed by atoms with Crippen LogP contribution in [-0.2, 0) is 21.5 Å². The summed E-state index contributed by atoms with van der Waals surface area (Å²) in [7, 11) is 1.48. The molecule has 0 aliphatic heterocycles. The van der Waals surface area contributed by atoms with E-state index < -0.39 is 29.0 Å². The fourth-order valence-corrected chi connectivity index (χ4v) is 3.71. The predicted molar refractivity (Wildman–Crippen MR) is 99.0 cm³/mol. The van der Waals surface area contributed by atoms with Crippen LogP contribution in [0.2, 0.25) is 5.02 Å². The molecule has 6 nitrogen and oxygen atoms in total. The molecule has 9 heteroatoms. The van der Waals surface area contributed by atoms with Crippen molar-refractivity contribution in [3.63, 3.8) is 0 Å². The molecule has 0 heterocycles. The summed E-state index contributed by atoms with van der Waals surface area (Å²) in [6, 6.07) is 6.13. The highest BCUT2D eigenvalue weighted by Gasteiger charge is 2.47. The third kappa shape index (κ3) is 3.25. The Kier molecular flexibility index (Phi) is 5.44. The number of likely N-dealkylation sites (N-methyl/N-ethyl adjacent to an activating group) is 1. The van der Waals surface area contributed by atoms with Gasteiger partial charge in [-0.15, -0.1) is 0 Å². The molecule has 0 radical (unpaired) electrons. The lowest BCUT2D eigenvalue weighted by Gasteiger charge is -2.28. The van der Waals surface area contributed by atoms with E-state index in [9.17, 15) is 23.2 Å². The average Bonchev–Trinajstić information content (AvgIpc) is 3.07. The number of carbonyl (C=O) groups excluding carboxylic acids is 3. The van der Waals surface area contributed by atoms with Crippen LogP contribution in [0.4, 0.5) is 14.5 Å². The summed E-state index contributed by atoms with van der Waals surface area (Å²) in [5.74, 6) is -2.54. The van der Waals surface area contributed by atoms with Gasteiger partial charge in [-0.25, -0.2) is 8.78 Å². The number of amides is 3. The third-order valence-electron chi connectivity index (χ3n) is 4.87. The van der Waals surface area contributed by atoms with Gasteiger partial charge in [0.2, 0.25) is 6.41 Å². The molecular weight excluding hydrogens is 392 g/mol. The highest BCUT2D eigenvalue weighted by Crippen LogP contribution is 2.40. The highest BCUT2D eigenvalue weighted by molar-refractivity contribution is 6.31. The van der Waals surface area contributed by atoms with E-state index in [4.69, 9.17) is 11.6 Å². The standard InChI is InChI=1S/C19H16ClF2N3O3/c1-23-19(18(28)24-9-26)7-6-11-12(3-5-15(22)16(11)19)17(27)25-10-2-4-14(21)13(20)8-10/h2-5,8-9,23H,6-7H2,1H3,(H,25,27)(H,24,26,28). The van der Waals surface area contributed by atoms with E-state index >= 15 is 0 Å². The monoisotopic (exact) mass is 407 g/mol. The molecule has 1 aliphatic carbocycles. The van der Waals surface area contributed by atoms with Gasteiger partial charge in [0.1, 0.15) is 17.2 Å². The Morgan fingerprint density at radius 2 is 1.89 bits per heavy atom. The molecule has 3 amide bonds. The maximum atomic E-state index is 14.6. The molecule has 146 valence electrons. The summed E-state index contributed by atoms with van der Waals surface area (Å²) >= 11 is 5.72. The first-order valence-corrected chi connectivity index (χ1v) is 8.73. The first-order chi connectivity index (χ1) is 13.3. The van der Waals surface area contributed by atoms with Gasteiger partial charge in [0.05, 0.1) is 5.02 Å². The van der Waals surface area contributed by atoms with Crippen LogP contribution in [0.15, 0.2) is 30.3 Å². The topological polar surface area (TPSA) is 87.3 Å². The summed E-state index contributed by atoms with van der Waals surface area (Å²) in [4.78, 5) is 35.9. The first kappa shape index (κ1) is 19.9. The van der Waals surface area contributed by atoms with Gasteiger partial charge in [0.25, 0.3) is 11.8 Å². The molecule has 1 unspecified atom stereocenters. The van der Waals surface area contributed by atoms with Crippen molar-refractivity contribution in [3.8, 4) is 0 Å². The van der Waals surface area contributed by atoms with E-state index in [1.54, 1.807) is 0 Å². The van der Waals surface area contributed by atoms with E-state index in [-0.39, 0.29) is 41.1 Å². The summed E-state index contributed by atoms with van der Waals surface area (Å²) in [5.41, 5.74) is -0.630. The van der Waals surface area contributed by atoms with Crippen molar-refractivity contribution in [1.29, 1.82) is 0 Å². The number of benzene rings is 2. The van der Waals surface area contributed by atoms with Crippen LogP contribution in [0, 0.1) is 11.6 Å². The SMILES string of the molecule is CNC1(C(=O)NC=O)CCc2c(C(=O)Nc3ccc(F)c(Cl)c3)ccc(F)c21. The fraction of sp³-hybridized carbons (Fsp3) is 0.211. The molecule has 1 aliphatic rings. The second-order valence-corrected chi connectivity index (χ2v) is 6.69. The van der Waals surface area contributed by atoms with Crippen LogP contribution in [0.1, 0.15) is 27.9 Å². The van der Waals surface area contributed by atoms with Gasteiger partial charge in [-0.3, -0.25) is 19.7 Å². The molecule has 0 spiro atoms. The molecule has 0 saturated heterocycles. The van der Waals surface area contributed by atoms with Gasteiger partial charge in [-0.1, -0.05) is 11.6 Å². The number of fused-ring (bicyclic) bond motifs is 1. The maximum Gasteiger partial charge on any atom is 0.255 e. The molecule has 1 atom stereocenters. The van der Waals surface area contributed by atoms with Gasteiger partial charge in [0.15, 0.2) is 0 Å². The van der Waals surface area contributed by atoms with Crippen LogP contribution in [0.5, 0.6) is 0 Å². The Hall–Kier alpha value is -2.84. The zero-order valence-electron chi connectivity index (χ0n) is 14.7. The fourth-order valence-electron chi connectivity index (χ4n) is 3.53. The van der Waals surface area contributed by atoms with E-state index in [0.717, 1.165) is 12.1 Å². The zero-order chi connectivity index (χ0) is 20.5. The summed E-state index contributed by atoms with van der Waals surface area (Å²) in [5, 5.41) is 7.27. The van der Waals surface area contributed by atoms with Gasteiger partial charge in [-0.05, 0) is 55.8 Å². The molecular formula is C19H16ClF2N3O3. The van der Waals surface area contributed by atoms with Crippen LogP contribution in [-0.4, -0.2) is 25.3 Å². The van der Waals surface area contributed by atoms with E-state index in [0.29, 0.717) is 5.56 Å². The summed E-state index contributed by atoms with van der Waals surface area (Å²) in [6.45, 7) is 0. The number of anilines is 1. The Morgan fingerprint density at radius 1 is 1.18 bits per heavy atom. The lowest BCUT2D eigenvalue weighted by atomic mass is 9.89. The number of hydrogen-bond acceptors (Lipinski definition) is 4. The lowest BCUT2D eigenvalue weighted by molar-refractivity contribution is -0.131. The minimum atomic E-state index is -1.46. The number of hydrogen-bond donors (Lipinski definition) is 3. The second-order valence-electron chi connectivity index (χ2n) is 6.28. The molecule has 0 fully saturated rings. The molecule has 0 saturated carbocycles. The Labute approximate surface area is 164 Å². The minimum Gasteiger partial charge on any atom is -0.322 e. The molecule has 0 bridgehead atoms. The van der Waals surface area contributed by atoms with Gasteiger partial charge < -0.3 is 10.6 Å². The Balaban J connectivity index is 2.01. The summed E-state index contributed by atoms with van der Waals surface area (Å²) < 4.78 is 27.9. The van der Waals surface area contributed by atoms with E-state index in [1.807, 2.05) is 5.32 Å². The van der Waals surface area contributed by atoms with E-state index in [2.05, 4.69) is 10.6 Å². The number of halogens is 3. The van der Waals surface area contributed by atoms with Crippen LogP contribution >= 0.6 is 11.6 Å². The maximum absolute atomic E-state index is 14.6. The molecule has 3 N–H and O–H groups in total. The number of nitrogens with one attached hydrogen (secondary N) is 3. The van der Waals surface area contributed by atoms with Gasteiger partial charge in [-0.2, -0.15) is 0 Å². The Morgan fingerprint density at radius 3 is 2.54 bits per heavy atom. The molecule has 2 aromatic rings. The van der Waals surface area contributed by atoms with E-state index in [1.165, 1.54) is 25.2 Å². The minimum absolute atomic E-state index is 0.0270.